The first-order valence-corrected chi connectivity index (χ1v) is 8.53. The van der Waals surface area contributed by atoms with Crippen LogP contribution in [0.25, 0.3) is 0 Å². The van der Waals surface area contributed by atoms with Gasteiger partial charge >= 0.3 is 5.97 Å². The summed E-state index contributed by atoms with van der Waals surface area (Å²) in [6, 6.07) is 9.34. The first-order valence-electron chi connectivity index (χ1n) is 7.31. The molecule has 2 rings (SSSR count). The standard InChI is InChI=1S/C16H18N4O3S/c1-3-23-15(22)12-10-17-16(24-2)18-14(12)20-19-13(21)9-11-7-5-4-6-8-11/h4-8,10H,3,9H2,1-2H3,(H,19,21)(H,17,18,20). The van der Waals surface area contributed by atoms with E-state index < -0.39 is 5.97 Å². The summed E-state index contributed by atoms with van der Waals surface area (Å²) in [7, 11) is 0. The fourth-order valence-electron chi connectivity index (χ4n) is 1.87. The highest BCUT2D eigenvalue weighted by Gasteiger charge is 2.16. The molecule has 1 aromatic heterocycles. The van der Waals surface area contributed by atoms with Crippen LogP contribution in [0.15, 0.2) is 41.7 Å². The lowest BCUT2D eigenvalue weighted by molar-refractivity contribution is -0.119. The number of nitrogens with one attached hydrogen (secondary N) is 2. The average molecular weight is 346 g/mol. The van der Waals surface area contributed by atoms with Crippen molar-refractivity contribution in [2.24, 2.45) is 0 Å². The van der Waals surface area contributed by atoms with Crippen molar-refractivity contribution in [3.8, 4) is 0 Å². The van der Waals surface area contributed by atoms with E-state index in [2.05, 4.69) is 20.8 Å². The van der Waals surface area contributed by atoms with Crippen LogP contribution in [-0.4, -0.2) is 34.7 Å². The van der Waals surface area contributed by atoms with Gasteiger partial charge in [-0.25, -0.2) is 14.8 Å². The van der Waals surface area contributed by atoms with Gasteiger partial charge in [0.25, 0.3) is 0 Å². The van der Waals surface area contributed by atoms with E-state index in [1.807, 2.05) is 36.6 Å². The zero-order valence-electron chi connectivity index (χ0n) is 13.4. The Hall–Kier alpha value is -2.61. The molecule has 0 unspecified atom stereocenters. The highest BCUT2D eigenvalue weighted by atomic mass is 32.2. The van der Waals surface area contributed by atoms with E-state index >= 15 is 0 Å². The normalized spacial score (nSPS) is 10.1. The Labute approximate surface area is 144 Å². The van der Waals surface area contributed by atoms with Gasteiger partial charge in [-0.3, -0.25) is 15.6 Å². The van der Waals surface area contributed by atoms with Crippen molar-refractivity contribution in [2.75, 3.05) is 18.3 Å². The lowest BCUT2D eigenvalue weighted by Gasteiger charge is -2.12. The Morgan fingerprint density at radius 1 is 1.25 bits per heavy atom. The first-order chi connectivity index (χ1) is 11.6. The average Bonchev–Trinajstić information content (AvgIpc) is 2.60. The second kappa shape index (κ2) is 8.88. The molecule has 7 nitrogen and oxygen atoms in total. The predicted octanol–water partition coefficient (Wildman–Crippen LogP) is 2.06. The number of thioether (sulfide) groups is 1. The number of nitrogens with zero attached hydrogens (tertiary/aromatic N) is 2. The number of amides is 1. The molecule has 1 aromatic carbocycles. The topological polar surface area (TPSA) is 93.2 Å². The van der Waals surface area contributed by atoms with E-state index in [-0.39, 0.29) is 30.3 Å². The second-order valence-corrected chi connectivity index (χ2v) is 5.45. The summed E-state index contributed by atoms with van der Waals surface area (Å²) in [5.74, 6) is -0.598. The van der Waals surface area contributed by atoms with Crippen molar-refractivity contribution in [1.29, 1.82) is 0 Å². The Bertz CT molecular complexity index is 710. The van der Waals surface area contributed by atoms with Gasteiger partial charge in [0, 0.05) is 6.20 Å². The Balaban J connectivity index is 2.07. The number of ether oxygens (including phenoxy) is 1. The van der Waals surface area contributed by atoms with Crippen LogP contribution < -0.4 is 10.9 Å². The molecule has 0 aliphatic heterocycles. The highest BCUT2D eigenvalue weighted by Crippen LogP contribution is 2.17. The number of hydrazine groups is 1. The smallest absolute Gasteiger partial charge is 0.343 e. The highest BCUT2D eigenvalue weighted by molar-refractivity contribution is 7.98. The van der Waals surface area contributed by atoms with E-state index in [0.717, 1.165) is 5.56 Å². The number of aromatic nitrogens is 2. The van der Waals surface area contributed by atoms with Crippen molar-refractivity contribution < 1.29 is 14.3 Å². The third-order valence-electron chi connectivity index (χ3n) is 2.97. The maximum Gasteiger partial charge on any atom is 0.343 e. The molecule has 8 heteroatoms. The van der Waals surface area contributed by atoms with Gasteiger partial charge in [-0.05, 0) is 18.7 Å². The quantitative estimate of drug-likeness (QED) is 0.343. The molecular formula is C16H18N4O3S. The summed E-state index contributed by atoms with van der Waals surface area (Å²) in [6.45, 7) is 1.95. The number of rotatable bonds is 7. The van der Waals surface area contributed by atoms with Gasteiger partial charge in [0.05, 0.1) is 13.0 Å². The zero-order chi connectivity index (χ0) is 17.4. The molecule has 0 fully saturated rings. The van der Waals surface area contributed by atoms with Gasteiger partial charge < -0.3 is 4.74 Å². The molecule has 0 aliphatic rings. The van der Waals surface area contributed by atoms with Crippen LogP contribution in [-0.2, 0) is 16.0 Å². The number of anilines is 1. The molecule has 0 aliphatic carbocycles. The molecule has 126 valence electrons. The molecule has 24 heavy (non-hydrogen) atoms. The van der Waals surface area contributed by atoms with Gasteiger partial charge in [0.2, 0.25) is 5.91 Å². The second-order valence-electron chi connectivity index (χ2n) is 4.68. The van der Waals surface area contributed by atoms with Crippen LogP contribution in [0.5, 0.6) is 0 Å². The van der Waals surface area contributed by atoms with Gasteiger partial charge in [-0.2, -0.15) is 0 Å². The maximum atomic E-state index is 12.0. The fraction of sp³-hybridized carbons (Fsp3) is 0.250. The molecule has 0 saturated carbocycles. The number of benzene rings is 1. The molecule has 0 saturated heterocycles. The van der Waals surface area contributed by atoms with Gasteiger partial charge in [-0.1, -0.05) is 42.1 Å². The number of esters is 1. The van der Waals surface area contributed by atoms with Gasteiger partial charge in [0.15, 0.2) is 11.0 Å². The lowest BCUT2D eigenvalue weighted by Crippen LogP contribution is -2.32. The summed E-state index contributed by atoms with van der Waals surface area (Å²) in [5, 5.41) is 0.475. The van der Waals surface area contributed by atoms with Crippen LogP contribution in [0.3, 0.4) is 0 Å². The van der Waals surface area contributed by atoms with Crippen LogP contribution >= 0.6 is 11.8 Å². The lowest BCUT2D eigenvalue weighted by atomic mass is 10.1. The Kier molecular flexibility index (Phi) is 6.56. The third-order valence-corrected chi connectivity index (χ3v) is 3.53. The molecule has 0 radical (unpaired) electrons. The molecule has 0 atom stereocenters. The summed E-state index contributed by atoms with van der Waals surface area (Å²) in [5.41, 5.74) is 6.27. The Morgan fingerprint density at radius 2 is 2.00 bits per heavy atom. The van der Waals surface area contributed by atoms with E-state index in [9.17, 15) is 9.59 Å². The summed E-state index contributed by atoms with van der Waals surface area (Å²) in [4.78, 5) is 32.2. The summed E-state index contributed by atoms with van der Waals surface area (Å²) >= 11 is 1.33. The molecule has 2 N–H and O–H groups in total. The predicted molar refractivity (Wildman–Crippen MR) is 91.7 cm³/mol. The van der Waals surface area contributed by atoms with Crippen LogP contribution in [0.1, 0.15) is 22.8 Å². The first kappa shape index (κ1) is 17.7. The zero-order valence-corrected chi connectivity index (χ0v) is 14.2. The summed E-state index contributed by atoms with van der Waals surface area (Å²) in [6.07, 6.45) is 3.41. The van der Waals surface area contributed by atoms with E-state index in [0.29, 0.717) is 5.16 Å². The van der Waals surface area contributed by atoms with Crippen LogP contribution in [0, 0.1) is 0 Å². The number of hydrogen-bond acceptors (Lipinski definition) is 7. The van der Waals surface area contributed by atoms with Crippen LogP contribution in [0.2, 0.25) is 0 Å². The van der Waals surface area contributed by atoms with E-state index in [1.54, 1.807) is 6.92 Å². The monoisotopic (exact) mass is 346 g/mol. The Morgan fingerprint density at radius 3 is 2.67 bits per heavy atom. The largest absolute Gasteiger partial charge is 0.462 e. The molecule has 1 heterocycles. The van der Waals surface area contributed by atoms with Gasteiger partial charge in [0.1, 0.15) is 5.56 Å². The van der Waals surface area contributed by atoms with Gasteiger partial charge in [-0.15, -0.1) is 0 Å². The SMILES string of the molecule is CCOC(=O)c1cnc(SC)nc1NNC(=O)Cc1ccccc1. The number of hydrogen-bond donors (Lipinski definition) is 2. The van der Waals surface area contributed by atoms with Crippen molar-refractivity contribution >= 4 is 29.5 Å². The van der Waals surface area contributed by atoms with E-state index in [1.165, 1.54) is 18.0 Å². The number of carbonyl (C=O) groups excluding carboxylic acids is 2. The summed E-state index contributed by atoms with van der Waals surface area (Å²) < 4.78 is 4.97. The van der Waals surface area contributed by atoms with Crippen LogP contribution in [0.4, 0.5) is 5.82 Å². The molecule has 2 aromatic rings. The molecule has 0 bridgehead atoms. The minimum absolute atomic E-state index is 0.162. The number of carbonyl (C=O) groups is 2. The fourth-order valence-corrected chi connectivity index (χ4v) is 2.21. The van der Waals surface area contributed by atoms with Crippen molar-refractivity contribution in [2.45, 2.75) is 18.5 Å². The minimum Gasteiger partial charge on any atom is -0.462 e. The maximum absolute atomic E-state index is 12.0. The third kappa shape index (κ3) is 4.95. The van der Waals surface area contributed by atoms with Crippen molar-refractivity contribution in [3.63, 3.8) is 0 Å². The molecule has 0 spiro atoms. The minimum atomic E-state index is -0.551. The van der Waals surface area contributed by atoms with Crippen molar-refractivity contribution in [3.05, 3.63) is 47.7 Å². The molecule has 1 amide bonds. The molecular weight excluding hydrogens is 328 g/mol. The van der Waals surface area contributed by atoms with Crippen molar-refractivity contribution in [1.82, 2.24) is 15.4 Å². The van der Waals surface area contributed by atoms with E-state index in [4.69, 9.17) is 4.74 Å².